The Morgan fingerprint density at radius 3 is 2.95 bits per heavy atom. The Morgan fingerprint density at radius 1 is 1.45 bits per heavy atom. The van der Waals surface area contributed by atoms with Gasteiger partial charge in [-0.05, 0) is 38.8 Å². The fraction of sp³-hybridized carbons (Fsp3) is 0.412. The number of amides is 1. The second-order valence-electron chi connectivity index (χ2n) is 5.96. The summed E-state index contributed by atoms with van der Waals surface area (Å²) in [6.45, 7) is 4.80. The van der Waals surface area contributed by atoms with Gasteiger partial charge in [-0.3, -0.25) is 4.79 Å². The van der Waals surface area contributed by atoms with Gasteiger partial charge in [-0.1, -0.05) is 12.1 Å². The van der Waals surface area contributed by atoms with E-state index in [1.807, 2.05) is 41.5 Å². The minimum absolute atomic E-state index is 0.0909. The zero-order valence-corrected chi connectivity index (χ0v) is 13.8. The van der Waals surface area contributed by atoms with Crippen LogP contribution in [0.4, 0.5) is 0 Å². The molecule has 4 nitrogen and oxygen atoms in total. The Morgan fingerprint density at radius 2 is 2.27 bits per heavy atom. The molecule has 22 heavy (non-hydrogen) atoms. The zero-order chi connectivity index (χ0) is 15.7. The Bertz CT molecular complexity index is 682. The van der Waals surface area contributed by atoms with Crippen molar-refractivity contribution in [2.45, 2.75) is 38.8 Å². The number of aromatic nitrogens is 1. The SMILES string of the molecule is Cc1nc(-c2cccc(C(=O)N3CC[C@H](N)C[C@H]3C)c2)cs1. The number of nitrogens with zero attached hydrogens (tertiary/aromatic N) is 2. The van der Waals surface area contributed by atoms with Gasteiger partial charge in [-0.15, -0.1) is 11.3 Å². The van der Waals surface area contributed by atoms with Gasteiger partial charge in [0.05, 0.1) is 10.7 Å². The van der Waals surface area contributed by atoms with Crippen LogP contribution in [0, 0.1) is 6.92 Å². The summed E-state index contributed by atoms with van der Waals surface area (Å²) in [4.78, 5) is 19.2. The lowest BCUT2D eigenvalue weighted by atomic mass is 9.97. The number of hydrogen-bond acceptors (Lipinski definition) is 4. The number of aryl methyl sites for hydroxylation is 1. The van der Waals surface area contributed by atoms with Crippen LogP contribution in [0.2, 0.25) is 0 Å². The first-order valence-electron chi connectivity index (χ1n) is 7.63. The predicted octanol–water partition coefficient (Wildman–Crippen LogP) is 3.07. The van der Waals surface area contributed by atoms with E-state index in [2.05, 4.69) is 11.9 Å². The van der Waals surface area contributed by atoms with Crippen molar-refractivity contribution in [1.29, 1.82) is 0 Å². The van der Waals surface area contributed by atoms with Crippen molar-refractivity contribution in [3.05, 3.63) is 40.2 Å². The summed E-state index contributed by atoms with van der Waals surface area (Å²) in [6, 6.07) is 8.16. The van der Waals surface area contributed by atoms with Gasteiger partial charge in [-0.2, -0.15) is 0 Å². The maximum atomic E-state index is 12.8. The number of carbonyl (C=O) groups is 1. The normalized spacial score (nSPS) is 21.9. The number of likely N-dealkylation sites (tertiary alicyclic amines) is 1. The molecule has 0 radical (unpaired) electrons. The van der Waals surface area contributed by atoms with Crippen LogP contribution in [-0.2, 0) is 0 Å². The second kappa shape index (κ2) is 6.18. The molecule has 2 aromatic rings. The molecular weight excluding hydrogens is 294 g/mol. The number of nitrogens with two attached hydrogens (primary N) is 1. The lowest BCUT2D eigenvalue weighted by Gasteiger charge is -2.36. The largest absolute Gasteiger partial charge is 0.336 e. The van der Waals surface area contributed by atoms with Crippen molar-refractivity contribution in [1.82, 2.24) is 9.88 Å². The highest BCUT2D eigenvalue weighted by Gasteiger charge is 2.27. The molecule has 3 rings (SSSR count). The maximum Gasteiger partial charge on any atom is 0.254 e. The molecular formula is C17H21N3OS. The van der Waals surface area contributed by atoms with Gasteiger partial charge < -0.3 is 10.6 Å². The van der Waals surface area contributed by atoms with Crippen LogP contribution in [0.5, 0.6) is 0 Å². The van der Waals surface area contributed by atoms with Crippen molar-refractivity contribution >= 4 is 17.2 Å². The number of carbonyl (C=O) groups excluding carboxylic acids is 1. The van der Waals surface area contributed by atoms with E-state index in [1.54, 1.807) is 11.3 Å². The molecule has 0 bridgehead atoms. The summed E-state index contributed by atoms with van der Waals surface area (Å²) in [7, 11) is 0. The highest BCUT2D eigenvalue weighted by Crippen LogP contribution is 2.24. The smallest absolute Gasteiger partial charge is 0.254 e. The molecule has 2 heterocycles. The number of thiazole rings is 1. The molecule has 0 unspecified atom stereocenters. The molecule has 1 fully saturated rings. The Hall–Kier alpha value is -1.72. The van der Waals surface area contributed by atoms with Gasteiger partial charge in [0.2, 0.25) is 0 Å². The lowest BCUT2D eigenvalue weighted by molar-refractivity contribution is 0.0619. The van der Waals surface area contributed by atoms with Gasteiger partial charge in [-0.25, -0.2) is 4.98 Å². The molecule has 0 aliphatic carbocycles. The zero-order valence-electron chi connectivity index (χ0n) is 13.0. The van der Waals surface area contributed by atoms with Crippen molar-refractivity contribution in [3.8, 4) is 11.3 Å². The molecule has 1 amide bonds. The Kier molecular flexibility index (Phi) is 4.27. The van der Waals surface area contributed by atoms with Crippen molar-refractivity contribution in [2.24, 2.45) is 5.73 Å². The first-order chi connectivity index (χ1) is 10.5. The predicted molar refractivity (Wildman–Crippen MR) is 90.0 cm³/mol. The van der Waals surface area contributed by atoms with Crippen LogP contribution in [-0.4, -0.2) is 34.4 Å². The van der Waals surface area contributed by atoms with Gasteiger partial charge in [0.15, 0.2) is 0 Å². The third kappa shape index (κ3) is 3.05. The van der Waals surface area contributed by atoms with Crippen LogP contribution in [0.3, 0.4) is 0 Å². The summed E-state index contributed by atoms with van der Waals surface area (Å²) in [5.74, 6) is 0.0909. The summed E-state index contributed by atoms with van der Waals surface area (Å²) < 4.78 is 0. The molecule has 1 aliphatic heterocycles. The molecule has 2 N–H and O–H groups in total. The quantitative estimate of drug-likeness (QED) is 0.926. The fourth-order valence-corrected chi connectivity index (χ4v) is 3.61. The molecule has 0 spiro atoms. The Balaban J connectivity index is 1.84. The van der Waals surface area contributed by atoms with Crippen LogP contribution in [0.15, 0.2) is 29.6 Å². The molecule has 2 atom stereocenters. The summed E-state index contributed by atoms with van der Waals surface area (Å²) in [6.07, 6.45) is 1.75. The van der Waals surface area contributed by atoms with E-state index >= 15 is 0 Å². The average molecular weight is 315 g/mol. The fourth-order valence-electron chi connectivity index (χ4n) is 2.98. The number of rotatable bonds is 2. The molecule has 1 aromatic heterocycles. The molecule has 5 heteroatoms. The minimum Gasteiger partial charge on any atom is -0.336 e. The summed E-state index contributed by atoms with van der Waals surface area (Å²) in [5.41, 5.74) is 8.64. The van der Waals surface area contributed by atoms with Crippen LogP contribution in [0.25, 0.3) is 11.3 Å². The molecule has 1 aromatic carbocycles. The molecule has 0 saturated carbocycles. The number of benzene rings is 1. The maximum absolute atomic E-state index is 12.8. The first-order valence-corrected chi connectivity index (χ1v) is 8.51. The van der Waals surface area contributed by atoms with Crippen molar-refractivity contribution in [3.63, 3.8) is 0 Å². The molecule has 1 aliphatic rings. The van der Waals surface area contributed by atoms with E-state index in [9.17, 15) is 4.79 Å². The number of piperidine rings is 1. The second-order valence-corrected chi connectivity index (χ2v) is 7.03. The van der Waals surface area contributed by atoms with Crippen LogP contribution < -0.4 is 5.73 Å². The monoisotopic (exact) mass is 315 g/mol. The van der Waals surface area contributed by atoms with Gasteiger partial charge in [0, 0.05) is 35.1 Å². The van der Waals surface area contributed by atoms with E-state index in [-0.39, 0.29) is 18.0 Å². The van der Waals surface area contributed by atoms with E-state index in [0.717, 1.165) is 41.2 Å². The van der Waals surface area contributed by atoms with E-state index < -0.39 is 0 Å². The standard InChI is InChI=1S/C17H21N3OS/c1-11-8-15(18)6-7-20(11)17(21)14-5-3-4-13(9-14)16-10-22-12(2)19-16/h3-5,9-11,15H,6-8,18H2,1-2H3/t11-,15+/m1/s1. The van der Waals surface area contributed by atoms with Gasteiger partial charge in [0.25, 0.3) is 5.91 Å². The lowest BCUT2D eigenvalue weighted by Crippen LogP contribution is -2.48. The highest BCUT2D eigenvalue weighted by molar-refractivity contribution is 7.09. The third-order valence-corrected chi connectivity index (χ3v) is 4.98. The topological polar surface area (TPSA) is 59.2 Å². The Labute approximate surface area is 135 Å². The first kappa shape index (κ1) is 15.2. The number of hydrogen-bond donors (Lipinski definition) is 1. The van der Waals surface area contributed by atoms with E-state index in [4.69, 9.17) is 5.73 Å². The van der Waals surface area contributed by atoms with E-state index in [0.29, 0.717) is 0 Å². The van der Waals surface area contributed by atoms with Crippen molar-refractivity contribution in [2.75, 3.05) is 6.54 Å². The minimum atomic E-state index is 0.0909. The summed E-state index contributed by atoms with van der Waals surface area (Å²) >= 11 is 1.62. The van der Waals surface area contributed by atoms with Gasteiger partial charge >= 0.3 is 0 Å². The average Bonchev–Trinajstić information content (AvgIpc) is 2.93. The van der Waals surface area contributed by atoms with Gasteiger partial charge in [0.1, 0.15) is 0 Å². The van der Waals surface area contributed by atoms with Crippen molar-refractivity contribution < 1.29 is 4.79 Å². The summed E-state index contributed by atoms with van der Waals surface area (Å²) in [5, 5.41) is 3.06. The van der Waals surface area contributed by atoms with E-state index in [1.165, 1.54) is 0 Å². The van der Waals surface area contributed by atoms with Crippen LogP contribution >= 0.6 is 11.3 Å². The highest BCUT2D eigenvalue weighted by atomic mass is 32.1. The van der Waals surface area contributed by atoms with Crippen LogP contribution in [0.1, 0.15) is 35.1 Å². The third-order valence-electron chi connectivity index (χ3n) is 4.20. The molecule has 1 saturated heterocycles. The molecule has 116 valence electrons.